The van der Waals surface area contributed by atoms with Crippen molar-refractivity contribution >= 4 is 38.2 Å². The third-order valence-corrected chi connectivity index (χ3v) is 11.6. The third-order valence-electron chi connectivity index (χ3n) is 11.6. The van der Waals surface area contributed by atoms with Crippen molar-refractivity contribution in [3.05, 3.63) is 213 Å². The fraction of sp³-hybridized carbons (Fsp3) is 0.0690. The predicted molar refractivity (Wildman–Crippen MR) is 265 cm³/mol. The van der Waals surface area contributed by atoms with Crippen molar-refractivity contribution in [3.8, 4) is 67.4 Å². The minimum atomic E-state index is 0.301. The molecule has 10 rings (SSSR count). The van der Waals surface area contributed by atoms with Gasteiger partial charge in [0.2, 0.25) is 0 Å². The van der Waals surface area contributed by atoms with Crippen LogP contribution in [0.1, 0.15) is 38.2 Å². The summed E-state index contributed by atoms with van der Waals surface area (Å²) in [7, 11) is 0. The van der Waals surface area contributed by atoms with E-state index in [-0.39, 0.29) is 0 Å². The third kappa shape index (κ3) is 7.89. The van der Waals surface area contributed by atoms with Gasteiger partial charge in [-0.15, -0.1) is 0 Å². The summed E-state index contributed by atoms with van der Waals surface area (Å²) in [4.78, 5) is 30.0. The lowest BCUT2D eigenvalue weighted by Crippen LogP contribution is -2.02. The predicted octanol–water partition coefficient (Wildman–Crippen LogP) is 14.8. The van der Waals surface area contributed by atoms with Gasteiger partial charge in [0.25, 0.3) is 0 Å². The Bertz CT molecular complexity index is 3440. The van der Waals surface area contributed by atoms with Crippen LogP contribution in [0.2, 0.25) is 0 Å². The maximum absolute atomic E-state index is 5.36. The summed E-state index contributed by atoms with van der Waals surface area (Å²) in [5.41, 5.74) is 13.7. The van der Waals surface area contributed by atoms with Crippen LogP contribution in [0.5, 0.6) is 0 Å². The summed E-state index contributed by atoms with van der Waals surface area (Å²) in [6.07, 6.45) is 11.6. The lowest BCUT2D eigenvalue weighted by atomic mass is 9.95. The Morgan fingerprint density at radius 1 is 0.484 bits per heavy atom. The SMILES string of the molecule is C=C(/C=C\C=C/C)c1nc(-c2ccc(-c3cccc(-c4cc(-c5ccccc5)c5ccc6ccc(C(C)C)nc6c5n4)c3)cc2)nc(-c2cccc(-c3cncc4ccccc34)c2)n1. The average Bonchev–Trinajstić information content (AvgIpc) is 3.36. The average molecular weight is 825 g/mol. The maximum Gasteiger partial charge on any atom is 0.164 e. The molecule has 10 aromatic rings. The zero-order chi connectivity index (χ0) is 43.6. The Kier molecular flexibility index (Phi) is 10.8. The second-order valence-corrected chi connectivity index (χ2v) is 16.2. The van der Waals surface area contributed by atoms with E-state index in [1.807, 2.05) is 61.8 Å². The van der Waals surface area contributed by atoms with Gasteiger partial charge in [-0.25, -0.2) is 19.9 Å². The van der Waals surface area contributed by atoms with Crippen LogP contribution < -0.4 is 0 Å². The Hall–Kier alpha value is -8.22. The summed E-state index contributed by atoms with van der Waals surface area (Å²) >= 11 is 0. The van der Waals surface area contributed by atoms with Gasteiger partial charge in [-0.1, -0.05) is 178 Å². The van der Waals surface area contributed by atoms with Crippen molar-refractivity contribution in [2.75, 3.05) is 0 Å². The van der Waals surface area contributed by atoms with Crippen LogP contribution in [-0.4, -0.2) is 29.9 Å². The highest BCUT2D eigenvalue weighted by molar-refractivity contribution is 6.09. The Balaban J connectivity index is 1.03. The van der Waals surface area contributed by atoms with Crippen LogP contribution in [0.3, 0.4) is 0 Å². The normalized spacial score (nSPS) is 11.8. The molecule has 4 heterocycles. The molecule has 6 heteroatoms. The van der Waals surface area contributed by atoms with Crippen LogP contribution in [0.15, 0.2) is 201 Å². The molecule has 6 aromatic carbocycles. The number of hydrogen-bond acceptors (Lipinski definition) is 6. The largest absolute Gasteiger partial charge is 0.263 e. The molecule has 0 amide bonds. The van der Waals surface area contributed by atoms with Crippen molar-refractivity contribution in [1.82, 2.24) is 29.9 Å². The van der Waals surface area contributed by atoms with Crippen LogP contribution >= 0.6 is 0 Å². The second-order valence-electron chi connectivity index (χ2n) is 16.2. The quantitative estimate of drug-likeness (QED) is 0.101. The number of allylic oxidation sites excluding steroid dienone is 5. The van der Waals surface area contributed by atoms with Crippen molar-refractivity contribution < 1.29 is 0 Å². The smallest absolute Gasteiger partial charge is 0.164 e. The van der Waals surface area contributed by atoms with Gasteiger partial charge in [0.05, 0.1) is 16.7 Å². The number of hydrogen-bond donors (Lipinski definition) is 0. The van der Waals surface area contributed by atoms with Gasteiger partial charge in [-0.05, 0) is 70.3 Å². The van der Waals surface area contributed by atoms with Gasteiger partial charge in [0.15, 0.2) is 17.5 Å². The summed E-state index contributed by atoms with van der Waals surface area (Å²) in [5, 5.41) is 4.38. The fourth-order valence-electron chi connectivity index (χ4n) is 8.19. The first-order valence-electron chi connectivity index (χ1n) is 21.6. The highest BCUT2D eigenvalue weighted by Gasteiger charge is 2.17. The van der Waals surface area contributed by atoms with E-state index < -0.39 is 0 Å². The van der Waals surface area contributed by atoms with Crippen molar-refractivity contribution in [2.24, 2.45) is 0 Å². The molecule has 0 saturated heterocycles. The van der Waals surface area contributed by atoms with E-state index in [9.17, 15) is 0 Å². The van der Waals surface area contributed by atoms with Gasteiger partial charge in [-0.3, -0.25) is 9.97 Å². The Labute approximate surface area is 373 Å². The van der Waals surface area contributed by atoms with Gasteiger partial charge in [-0.2, -0.15) is 0 Å². The molecule has 4 aromatic heterocycles. The first kappa shape index (κ1) is 39.9. The zero-order valence-electron chi connectivity index (χ0n) is 35.9. The van der Waals surface area contributed by atoms with E-state index in [1.165, 1.54) is 0 Å². The van der Waals surface area contributed by atoms with E-state index in [2.05, 4.69) is 165 Å². The number of benzene rings is 6. The second kappa shape index (κ2) is 17.3. The molecule has 0 aliphatic carbocycles. The molecule has 64 heavy (non-hydrogen) atoms. The van der Waals surface area contributed by atoms with E-state index >= 15 is 0 Å². The topological polar surface area (TPSA) is 77.3 Å². The summed E-state index contributed by atoms with van der Waals surface area (Å²) in [6, 6.07) is 55.0. The first-order chi connectivity index (χ1) is 31.4. The van der Waals surface area contributed by atoms with Crippen LogP contribution in [-0.2, 0) is 0 Å². The van der Waals surface area contributed by atoms with Crippen molar-refractivity contribution in [2.45, 2.75) is 26.7 Å². The maximum atomic E-state index is 5.36. The number of pyridine rings is 3. The number of fused-ring (bicyclic) bond motifs is 4. The molecule has 0 spiro atoms. The van der Waals surface area contributed by atoms with Gasteiger partial charge >= 0.3 is 0 Å². The molecular formula is C58H44N6. The van der Waals surface area contributed by atoms with Gasteiger partial charge < -0.3 is 0 Å². The lowest BCUT2D eigenvalue weighted by Gasteiger charge is -2.14. The molecule has 0 atom stereocenters. The molecule has 0 aliphatic heterocycles. The molecule has 6 nitrogen and oxygen atoms in total. The number of rotatable bonds is 10. The van der Waals surface area contributed by atoms with E-state index in [1.54, 1.807) is 0 Å². The van der Waals surface area contributed by atoms with E-state index in [4.69, 9.17) is 24.9 Å². The van der Waals surface area contributed by atoms with Crippen LogP contribution in [0.4, 0.5) is 0 Å². The lowest BCUT2D eigenvalue weighted by molar-refractivity contribution is 0.830. The minimum absolute atomic E-state index is 0.301. The molecule has 0 unspecified atom stereocenters. The van der Waals surface area contributed by atoms with Crippen LogP contribution in [0.25, 0.3) is 106 Å². The minimum Gasteiger partial charge on any atom is -0.263 e. The Morgan fingerprint density at radius 3 is 1.98 bits per heavy atom. The molecular weight excluding hydrogens is 781 g/mol. The fourth-order valence-corrected chi connectivity index (χ4v) is 8.19. The van der Waals surface area contributed by atoms with Crippen molar-refractivity contribution in [1.29, 1.82) is 0 Å². The monoisotopic (exact) mass is 824 g/mol. The van der Waals surface area contributed by atoms with E-state index in [0.717, 1.165) is 94.0 Å². The highest BCUT2D eigenvalue weighted by Crippen LogP contribution is 2.37. The standard InChI is InChI=1S/C58H44N6/c1-5-6-8-15-38(4)56-62-57(64-58(63-56)46-22-14-20-44(33-46)51-36-59-35-47-18-11-12-23-48(47)51)42-26-24-39(25-27-42)43-19-13-21-45(32-43)53-34-50(40-16-9-7-10-17-40)49-30-28-41-29-31-52(37(2)3)60-54(41)55(49)61-53/h5-37H,4H2,1-3H3/b6-5-,15-8-. The first-order valence-corrected chi connectivity index (χ1v) is 21.6. The highest BCUT2D eigenvalue weighted by atomic mass is 15.0. The summed E-state index contributed by atoms with van der Waals surface area (Å²) < 4.78 is 0. The molecule has 0 fully saturated rings. The molecule has 0 radical (unpaired) electrons. The van der Waals surface area contributed by atoms with Crippen LogP contribution in [0, 0.1) is 0 Å². The van der Waals surface area contributed by atoms with Gasteiger partial charge in [0.1, 0.15) is 0 Å². The summed E-state index contributed by atoms with van der Waals surface area (Å²) in [6.45, 7) is 10.7. The van der Waals surface area contributed by atoms with Gasteiger partial charge in [0, 0.05) is 62.1 Å². The summed E-state index contributed by atoms with van der Waals surface area (Å²) in [5.74, 6) is 1.94. The number of nitrogens with zero attached hydrogens (tertiary/aromatic N) is 6. The molecule has 0 saturated carbocycles. The Morgan fingerprint density at radius 2 is 1.17 bits per heavy atom. The molecule has 0 bridgehead atoms. The number of aromatic nitrogens is 6. The van der Waals surface area contributed by atoms with E-state index in [0.29, 0.717) is 29.0 Å². The zero-order valence-corrected chi connectivity index (χ0v) is 35.9. The molecule has 0 N–H and O–H groups in total. The van der Waals surface area contributed by atoms with Crippen molar-refractivity contribution in [3.63, 3.8) is 0 Å². The molecule has 0 aliphatic rings. The molecule has 306 valence electrons.